The molecular weight excluding hydrogens is 166 g/mol. The summed E-state index contributed by atoms with van der Waals surface area (Å²) in [7, 11) is 1.09. The molecule has 0 rings (SSSR count). The van der Waals surface area contributed by atoms with E-state index in [1.54, 1.807) is 0 Å². The van der Waals surface area contributed by atoms with Crippen molar-refractivity contribution >= 4 is 41.9 Å². The third-order valence-corrected chi connectivity index (χ3v) is 28.6. The Morgan fingerprint density at radius 3 is 1.50 bits per heavy atom. The van der Waals surface area contributed by atoms with Crippen LogP contribution in [0.25, 0.3) is 0 Å². The first-order valence-electron chi connectivity index (χ1n) is 2.11. The minimum absolute atomic E-state index is 0.507. The molecule has 0 nitrogen and oxygen atoms in total. The van der Waals surface area contributed by atoms with Crippen LogP contribution < -0.4 is 0 Å². The van der Waals surface area contributed by atoms with Gasteiger partial charge in [-0.05, 0) is 0 Å². The van der Waals surface area contributed by atoms with Crippen LogP contribution in [0.4, 0.5) is 0 Å². The van der Waals surface area contributed by atoms with Gasteiger partial charge in [0.2, 0.25) is 0 Å². The summed E-state index contributed by atoms with van der Waals surface area (Å²) in [6.07, 6.45) is 0. The predicted molar refractivity (Wildman–Crippen MR) is 34.9 cm³/mol. The van der Waals surface area contributed by atoms with Gasteiger partial charge in [-0.1, -0.05) is 0 Å². The van der Waals surface area contributed by atoms with Gasteiger partial charge in [-0.15, -0.1) is 0 Å². The van der Waals surface area contributed by atoms with Crippen molar-refractivity contribution in [3.05, 3.63) is 0 Å². The fourth-order valence-corrected chi connectivity index (χ4v) is 0. The van der Waals surface area contributed by atoms with E-state index in [0.717, 1.165) is 9.87 Å². The van der Waals surface area contributed by atoms with Crippen molar-refractivity contribution in [3.63, 3.8) is 0 Å². The quantitative estimate of drug-likeness (QED) is 0.512. The van der Waals surface area contributed by atoms with Crippen molar-refractivity contribution in [1.82, 2.24) is 0 Å². The average molecular weight is 175 g/mol. The van der Waals surface area contributed by atoms with E-state index < -0.39 is 6.68 Å². The molecule has 0 heterocycles. The summed E-state index contributed by atoms with van der Waals surface area (Å²) in [6.45, 7) is 6.83. The molecule has 0 atom stereocenters. The van der Waals surface area contributed by atoms with E-state index in [4.69, 9.17) is 0 Å². The summed E-state index contributed by atoms with van der Waals surface area (Å²) in [6, 6.07) is 0. The molecule has 0 saturated carbocycles. The zero-order valence-corrected chi connectivity index (χ0v) is 9.62. The van der Waals surface area contributed by atoms with Gasteiger partial charge in [-0.2, -0.15) is 0 Å². The molecule has 0 spiro atoms. The van der Waals surface area contributed by atoms with Gasteiger partial charge in [0.1, 0.15) is 0 Å². The second-order valence-corrected chi connectivity index (χ2v) is 23.6. The molecule has 0 unspecified atom stereocenters. The molecule has 0 aliphatic carbocycles. The Kier molecular flexibility index (Phi) is 3.74. The van der Waals surface area contributed by atoms with Gasteiger partial charge >= 0.3 is 61.6 Å². The van der Waals surface area contributed by atoms with Gasteiger partial charge in [0.05, 0.1) is 0 Å². The molecule has 3 heteroatoms. The summed E-state index contributed by atoms with van der Waals surface area (Å²) < 4.78 is 0. The van der Waals surface area contributed by atoms with E-state index in [9.17, 15) is 0 Å². The van der Waals surface area contributed by atoms with E-state index in [1.807, 2.05) is 0 Å². The van der Waals surface area contributed by atoms with Gasteiger partial charge in [-0.25, -0.2) is 0 Å². The van der Waals surface area contributed by atoms with E-state index in [-0.39, 0.29) is 0 Å². The second kappa shape index (κ2) is 2.90. The summed E-state index contributed by atoms with van der Waals surface area (Å²) in [5.74, 6) is 0. The van der Waals surface area contributed by atoms with E-state index in [2.05, 4.69) is 19.6 Å². The number of rotatable bonds is 1. The molecule has 0 aliphatic rings. The molecule has 0 saturated heterocycles. The van der Waals surface area contributed by atoms with Crippen LogP contribution in [0, 0.1) is 0 Å². The number of hydrogen-bond acceptors (Lipinski definition) is 0. The van der Waals surface area contributed by atoms with Crippen molar-refractivity contribution in [2.75, 3.05) is 0 Å². The molecule has 0 aromatic rings. The molecule has 0 radical (unpaired) electrons. The van der Waals surface area contributed by atoms with Crippen LogP contribution in [0.15, 0.2) is 0 Å². The molecule has 0 aromatic carbocycles. The zero-order chi connectivity index (χ0) is 5.21. The molecule has 6 heavy (non-hydrogen) atoms. The topological polar surface area (TPSA) is 0 Å². The summed E-state index contributed by atoms with van der Waals surface area (Å²) in [5, 5.41) is 0. The van der Waals surface area contributed by atoms with Gasteiger partial charge in [0, 0.05) is 0 Å². The molecule has 0 aliphatic heterocycles. The maximum atomic E-state index is 2.44. The summed E-state index contributed by atoms with van der Waals surface area (Å²) >= 11 is 1.47. The average Bonchev–Trinajstić information content (AvgIpc) is 1.35. The Morgan fingerprint density at radius 1 is 1.33 bits per heavy atom. The van der Waals surface area contributed by atoms with E-state index in [0.29, 0.717) is 0 Å². The SMILES string of the molecule is C[Si](C)(C)[Se][Na]. The Balaban J connectivity index is 3.17. The van der Waals surface area contributed by atoms with Crippen molar-refractivity contribution in [2.24, 2.45) is 0 Å². The van der Waals surface area contributed by atoms with E-state index in [1.165, 1.54) is 25.4 Å². The third-order valence-electron chi connectivity index (χ3n) is 0.612. The van der Waals surface area contributed by atoms with Crippen molar-refractivity contribution < 1.29 is 0 Å². The Bertz CT molecular complexity index is 40.5. The minimum atomic E-state index is -0.507. The molecule has 0 amide bonds. The van der Waals surface area contributed by atoms with Gasteiger partial charge in [0.25, 0.3) is 0 Å². The maximum absolute atomic E-state index is 2.44. The molecular formula is C3H9NaSeSi. The summed E-state index contributed by atoms with van der Waals surface area (Å²) in [4.78, 5) is 0. The van der Waals surface area contributed by atoms with Crippen LogP contribution >= 0.6 is 0 Å². The third kappa shape index (κ3) is 5.74. The fraction of sp³-hybridized carbons (Fsp3) is 1.00. The number of hydrogen-bond donors (Lipinski definition) is 0. The van der Waals surface area contributed by atoms with Crippen LogP contribution in [-0.2, 0) is 0 Å². The molecule has 0 N–H and O–H groups in total. The van der Waals surface area contributed by atoms with Crippen LogP contribution in [0.3, 0.4) is 0 Å². The Hall–Kier alpha value is 1.74. The standard InChI is InChI=1S/C3H9SeSi.Na/c1-5(2,3)4;/h1-3H3;/q-1;+1. The van der Waals surface area contributed by atoms with Gasteiger partial charge in [-0.3, -0.25) is 0 Å². The first-order valence-corrected chi connectivity index (χ1v) is 14.0. The molecule has 32 valence electrons. The van der Waals surface area contributed by atoms with Crippen LogP contribution in [0.5, 0.6) is 0 Å². The predicted octanol–water partition coefficient (Wildman–Crippen LogP) is 0.609. The van der Waals surface area contributed by atoms with Crippen LogP contribution in [0.1, 0.15) is 0 Å². The first-order chi connectivity index (χ1) is 2.56. The Morgan fingerprint density at radius 2 is 1.50 bits per heavy atom. The fourth-order valence-electron chi connectivity index (χ4n) is 0. The first kappa shape index (κ1) is 7.74. The van der Waals surface area contributed by atoms with Crippen LogP contribution in [0.2, 0.25) is 19.6 Å². The zero-order valence-electron chi connectivity index (χ0n) is 4.91. The van der Waals surface area contributed by atoms with Crippen LogP contribution in [-0.4, -0.2) is 41.9 Å². The molecule has 0 fully saturated rings. The van der Waals surface area contributed by atoms with Crippen molar-refractivity contribution in [2.45, 2.75) is 19.6 Å². The van der Waals surface area contributed by atoms with Crippen molar-refractivity contribution in [1.29, 1.82) is 0 Å². The summed E-state index contributed by atoms with van der Waals surface area (Å²) in [5.41, 5.74) is 0. The van der Waals surface area contributed by atoms with E-state index >= 15 is 0 Å². The normalized spacial score (nSPS) is 12.2. The van der Waals surface area contributed by atoms with Gasteiger partial charge < -0.3 is 0 Å². The monoisotopic (exact) mass is 176 g/mol. The Labute approximate surface area is 61.0 Å². The second-order valence-electron chi connectivity index (χ2n) is 2.32. The molecule has 0 bridgehead atoms. The van der Waals surface area contributed by atoms with Gasteiger partial charge in [0.15, 0.2) is 0 Å². The van der Waals surface area contributed by atoms with Crippen molar-refractivity contribution in [3.8, 4) is 0 Å². The molecule has 0 aromatic heterocycles.